The van der Waals surface area contributed by atoms with E-state index in [4.69, 9.17) is 4.74 Å². The third kappa shape index (κ3) is 3.74. The number of hydrogen-bond acceptors (Lipinski definition) is 4. The molecule has 166 valence electrons. The van der Waals surface area contributed by atoms with Crippen LogP contribution in [0.15, 0.2) is 23.1 Å². The molecule has 1 unspecified atom stereocenters. The number of ether oxygens (including phenoxy) is 1. The Morgan fingerprint density at radius 1 is 1.03 bits per heavy atom. The third-order valence-corrected chi connectivity index (χ3v) is 8.55. The largest absolute Gasteiger partial charge is 0.368 e. The topological polar surface area (TPSA) is 75.7 Å². The Labute approximate surface area is 184 Å². The lowest BCUT2D eigenvalue weighted by atomic mass is 9.95. The minimum atomic E-state index is -3.75. The molecule has 31 heavy (non-hydrogen) atoms. The fraction of sp³-hybridized carbons (Fsp3) is 0.458. The second-order valence-electron chi connectivity index (χ2n) is 8.64. The number of carbonyl (C=O) groups excluding carboxylic acids is 1. The quantitative estimate of drug-likeness (QED) is 0.774. The first-order chi connectivity index (χ1) is 14.6. The third-order valence-electron chi connectivity index (χ3n) is 6.90. The van der Waals surface area contributed by atoms with Gasteiger partial charge in [-0.25, -0.2) is 8.42 Å². The fourth-order valence-electron chi connectivity index (χ4n) is 4.72. The van der Waals surface area contributed by atoms with E-state index in [0.29, 0.717) is 30.2 Å². The van der Waals surface area contributed by atoms with Gasteiger partial charge < -0.3 is 9.64 Å². The number of benzene rings is 2. The van der Waals surface area contributed by atoms with E-state index in [-0.39, 0.29) is 12.0 Å². The van der Waals surface area contributed by atoms with Gasteiger partial charge >= 0.3 is 0 Å². The van der Waals surface area contributed by atoms with Crippen LogP contribution in [0.3, 0.4) is 0 Å². The summed E-state index contributed by atoms with van der Waals surface area (Å²) in [6, 6.07) is 5.41. The SMILES string of the molecule is Cc1c(C)c(C)c(S(=O)(=O)Nc2ccc3c(c2)CCN3C(=O)C2CCCO2)c(C)c1C. The zero-order chi connectivity index (χ0) is 22.5. The van der Waals surface area contributed by atoms with E-state index in [9.17, 15) is 13.2 Å². The molecule has 4 rings (SSSR count). The average molecular weight is 443 g/mol. The Bertz CT molecular complexity index is 1140. The summed E-state index contributed by atoms with van der Waals surface area (Å²) in [6.45, 7) is 10.9. The maximum Gasteiger partial charge on any atom is 0.262 e. The number of nitrogens with one attached hydrogen (secondary N) is 1. The molecular formula is C24H30N2O4S. The molecule has 1 fully saturated rings. The molecule has 2 aromatic rings. The van der Waals surface area contributed by atoms with Crippen molar-refractivity contribution in [1.29, 1.82) is 0 Å². The van der Waals surface area contributed by atoms with Crippen LogP contribution in [0.4, 0.5) is 11.4 Å². The molecule has 2 aromatic carbocycles. The van der Waals surface area contributed by atoms with Crippen LogP contribution in [-0.2, 0) is 26.0 Å². The van der Waals surface area contributed by atoms with Crippen molar-refractivity contribution in [3.63, 3.8) is 0 Å². The van der Waals surface area contributed by atoms with Crippen molar-refractivity contribution < 1.29 is 17.9 Å². The molecule has 0 saturated carbocycles. The van der Waals surface area contributed by atoms with Crippen molar-refractivity contribution >= 4 is 27.3 Å². The molecule has 0 aromatic heterocycles. The molecule has 7 heteroatoms. The van der Waals surface area contributed by atoms with E-state index >= 15 is 0 Å². The Kier molecular flexibility index (Phi) is 5.60. The van der Waals surface area contributed by atoms with Gasteiger partial charge in [0.05, 0.1) is 4.90 Å². The number of fused-ring (bicyclic) bond motifs is 1. The van der Waals surface area contributed by atoms with Crippen molar-refractivity contribution in [3.8, 4) is 0 Å². The van der Waals surface area contributed by atoms with Gasteiger partial charge in [0.25, 0.3) is 15.9 Å². The highest BCUT2D eigenvalue weighted by atomic mass is 32.2. The number of carbonyl (C=O) groups is 1. The van der Waals surface area contributed by atoms with E-state index in [0.717, 1.165) is 51.9 Å². The second kappa shape index (κ2) is 7.95. The Morgan fingerprint density at radius 2 is 1.68 bits per heavy atom. The summed E-state index contributed by atoms with van der Waals surface area (Å²) in [5.74, 6) is 0.00133. The van der Waals surface area contributed by atoms with Crippen molar-refractivity contribution in [3.05, 3.63) is 51.6 Å². The van der Waals surface area contributed by atoms with Gasteiger partial charge in [0, 0.05) is 24.5 Å². The maximum atomic E-state index is 13.3. The van der Waals surface area contributed by atoms with E-state index in [1.165, 1.54) is 0 Å². The highest BCUT2D eigenvalue weighted by Gasteiger charge is 2.33. The lowest BCUT2D eigenvalue weighted by Crippen LogP contribution is -2.37. The standard InChI is InChI=1S/C24H30N2O4S/c1-14-15(2)17(4)23(18(5)16(14)3)31(28,29)25-20-8-9-21-19(13-20)10-11-26(21)24(27)22-7-6-12-30-22/h8-9,13,22,25H,6-7,10-12H2,1-5H3. The summed E-state index contributed by atoms with van der Waals surface area (Å²) in [7, 11) is -3.75. The minimum Gasteiger partial charge on any atom is -0.368 e. The van der Waals surface area contributed by atoms with E-state index in [1.54, 1.807) is 11.0 Å². The zero-order valence-electron chi connectivity index (χ0n) is 18.8. The first kappa shape index (κ1) is 21.8. The van der Waals surface area contributed by atoms with Gasteiger partial charge in [-0.1, -0.05) is 0 Å². The highest BCUT2D eigenvalue weighted by Crippen LogP contribution is 2.34. The van der Waals surface area contributed by atoms with Gasteiger partial charge in [0.15, 0.2) is 0 Å². The van der Waals surface area contributed by atoms with E-state index in [1.807, 2.05) is 46.8 Å². The summed E-state index contributed by atoms with van der Waals surface area (Å²) in [5.41, 5.74) is 7.02. The van der Waals surface area contributed by atoms with Crippen LogP contribution in [0.2, 0.25) is 0 Å². The van der Waals surface area contributed by atoms with Gasteiger partial charge in [-0.05, 0) is 105 Å². The molecule has 0 aliphatic carbocycles. The van der Waals surface area contributed by atoms with Crippen LogP contribution in [0.25, 0.3) is 0 Å². The molecule has 0 bridgehead atoms. The zero-order valence-corrected chi connectivity index (χ0v) is 19.6. The molecule has 1 saturated heterocycles. The molecule has 2 aliphatic heterocycles. The second-order valence-corrected chi connectivity index (χ2v) is 10.3. The van der Waals surface area contributed by atoms with Crippen LogP contribution in [0.5, 0.6) is 0 Å². The first-order valence-electron chi connectivity index (χ1n) is 10.8. The lowest BCUT2D eigenvalue weighted by molar-refractivity contribution is -0.127. The number of amides is 1. The molecule has 1 atom stereocenters. The van der Waals surface area contributed by atoms with Crippen molar-refractivity contribution in [2.45, 2.75) is 64.9 Å². The first-order valence-corrected chi connectivity index (χ1v) is 12.3. The van der Waals surface area contributed by atoms with Gasteiger partial charge in [0.2, 0.25) is 0 Å². The molecule has 1 amide bonds. The van der Waals surface area contributed by atoms with Crippen LogP contribution in [0.1, 0.15) is 46.2 Å². The fourth-order valence-corrected chi connectivity index (χ4v) is 6.37. The molecular weight excluding hydrogens is 412 g/mol. The minimum absolute atomic E-state index is 0.00133. The van der Waals surface area contributed by atoms with Gasteiger partial charge in [-0.2, -0.15) is 0 Å². The van der Waals surface area contributed by atoms with Crippen molar-refractivity contribution in [2.24, 2.45) is 0 Å². The number of anilines is 2. The van der Waals surface area contributed by atoms with Gasteiger partial charge in [-0.15, -0.1) is 0 Å². The predicted octanol–water partition coefficient (Wildman–Crippen LogP) is 4.10. The maximum absolute atomic E-state index is 13.3. The monoisotopic (exact) mass is 442 g/mol. The van der Waals surface area contributed by atoms with Crippen LogP contribution in [0, 0.1) is 34.6 Å². The van der Waals surface area contributed by atoms with Gasteiger partial charge in [-0.3, -0.25) is 9.52 Å². The number of hydrogen-bond donors (Lipinski definition) is 1. The Morgan fingerprint density at radius 3 is 2.29 bits per heavy atom. The molecule has 6 nitrogen and oxygen atoms in total. The number of rotatable bonds is 4. The molecule has 2 heterocycles. The normalized spacial score (nSPS) is 18.4. The van der Waals surface area contributed by atoms with Gasteiger partial charge in [0.1, 0.15) is 6.10 Å². The summed E-state index contributed by atoms with van der Waals surface area (Å²) >= 11 is 0. The number of nitrogens with zero attached hydrogens (tertiary/aromatic N) is 1. The van der Waals surface area contributed by atoms with E-state index in [2.05, 4.69) is 4.72 Å². The summed E-state index contributed by atoms with van der Waals surface area (Å²) < 4.78 is 34.9. The Hall–Kier alpha value is -2.38. The predicted molar refractivity (Wildman–Crippen MR) is 122 cm³/mol. The molecule has 0 radical (unpaired) electrons. The summed E-state index contributed by atoms with van der Waals surface area (Å²) in [4.78, 5) is 14.9. The highest BCUT2D eigenvalue weighted by molar-refractivity contribution is 7.92. The van der Waals surface area contributed by atoms with Crippen LogP contribution in [-0.4, -0.2) is 33.6 Å². The van der Waals surface area contributed by atoms with E-state index < -0.39 is 10.0 Å². The van der Waals surface area contributed by atoms with Crippen molar-refractivity contribution in [1.82, 2.24) is 0 Å². The summed E-state index contributed by atoms with van der Waals surface area (Å²) in [5, 5.41) is 0. The van der Waals surface area contributed by atoms with Crippen LogP contribution >= 0.6 is 0 Å². The molecule has 1 N–H and O–H groups in total. The lowest BCUT2D eigenvalue weighted by Gasteiger charge is -2.21. The Balaban J connectivity index is 1.62. The molecule has 2 aliphatic rings. The van der Waals surface area contributed by atoms with Crippen LogP contribution < -0.4 is 9.62 Å². The smallest absolute Gasteiger partial charge is 0.262 e. The van der Waals surface area contributed by atoms with Crippen molar-refractivity contribution in [2.75, 3.05) is 22.8 Å². The number of sulfonamides is 1. The average Bonchev–Trinajstić information content (AvgIpc) is 3.39. The molecule has 0 spiro atoms. The summed E-state index contributed by atoms with van der Waals surface area (Å²) in [6.07, 6.45) is 2.01.